The average molecular weight is 238 g/mol. The smallest absolute Gasteiger partial charge is 0.00202 e. The summed E-state index contributed by atoms with van der Waals surface area (Å²) < 4.78 is 0. The van der Waals surface area contributed by atoms with E-state index in [0.29, 0.717) is 10.8 Å². The largest absolute Gasteiger partial charge is 0.316 e. The summed E-state index contributed by atoms with van der Waals surface area (Å²) in [7, 11) is 0. The van der Waals surface area contributed by atoms with Crippen LogP contribution in [0.1, 0.15) is 58.8 Å². The Balaban J connectivity index is 1.77. The Hall–Kier alpha value is -0.0800. The van der Waals surface area contributed by atoms with Gasteiger partial charge in [-0.25, -0.2) is 0 Å². The van der Waals surface area contributed by atoms with Crippen molar-refractivity contribution in [2.75, 3.05) is 26.2 Å². The monoisotopic (exact) mass is 238 g/mol. The van der Waals surface area contributed by atoms with E-state index in [1.165, 1.54) is 71.1 Å². The van der Waals surface area contributed by atoms with Crippen molar-refractivity contribution in [1.82, 2.24) is 10.6 Å². The number of piperidine rings is 1. The number of rotatable bonds is 7. The standard InChI is InChI=1S/C15H30N2/c1-3-6-15(7-5-10-16-12-15)13-17-11-14(4-2)8-9-14/h16-17H,3-13H2,1-2H3. The molecule has 1 aliphatic carbocycles. The first-order chi connectivity index (χ1) is 8.24. The molecule has 2 aliphatic rings. The summed E-state index contributed by atoms with van der Waals surface area (Å²) in [6, 6.07) is 0. The van der Waals surface area contributed by atoms with Gasteiger partial charge in [0.25, 0.3) is 0 Å². The van der Waals surface area contributed by atoms with E-state index >= 15 is 0 Å². The van der Waals surface area contributed by atoms with Crippen LogP contribution in [0.2, 0.25) is 0 Å². The molecule has 2 rings (SSSR count). The second-order valence-electron chi connectivity index (χ2n) is 6.49. The molecule has 1 aliphatic heterocycles. The molecule has 0 aromatic rings. The van der Waals surface area contributed by atoms with Crippen LogP contribution in [0.5, 0.6) is 0 Å². The van der Waals surface area contributed by atoms with E-state index < -0.39 is 0 Å². The number of hydrogen-bond acceptors (Lipinski definition) is 2. The quantitative estimate of drug-likeness (QED) is 0.712. The fraction of sp³-hybridized carbons (Fsp3) is 1.00. The first-order valence-corrected chi connectivity index (χ1v) is 7.66. The molecule has 1 saturated heterocycles. The zero-order valence-corrected chi connectivity index (χ0v) is 11.8. The normalized spacial score (nSPS) is 31.4. The summed E-state index contributed by atoms with van der Waals surface area (Å²) in [5, 5.41) is 7.39. The molecule has 1 unspecified atom stereocenters. The van der Waals surface area contributed by atoms with E-state index in [9.17, 15) is 0 Å². The van der Waals surface area contributed by atoms with E-state index in [0.717, 1.165) is 0 Å². The highest BCUT2D eigenvalue weighted by Crippen LogP contribution is 2.48. The first-order valence-electron chi connectivity index (χ1n) is 7.66. The topological polar surface area (TPSA) is 24.1 Å². The third-order valence-electron chi connectivity index (χ3n) is 5.05. The van der Waals surface area contributed by atoms with E-state index in [1.807, 2.05) is 0 Å². The lowest BCUT2D eigenvalue weighted by atomic mass is 9.77. The molecule has 0 spiro atoms. The molecule has 2 heteroatoms. The number of nitrogens with one attached hydrogen (secondary N) is 2. The molecule has 0 aromatic heterocycles. The van der Waals surface area contributed by atoms with Crippen molar-refractivity contribution >= 4 is 0 Å². The third-order valence-corrected chi connectivity index (χ3v) is 5.05. The van der Waals surface area contributed by atoms with Crippen LogP contribution in [0.25, 0.3) is 0 Å². The van der Waals surface area contributed by atoms with Gasteiger partial charge in [0.1, 0.15) is 0 Å². The van der Waals surface area contributed by atoms with Crippen LogP contribution in [0, 0.1) is 10.8 Å². The highest BCUT2D eigenvalue weighted by atomic mass is 15.0. The van der Waals surface area contributed by atoms with Crippen LogP contribution in [0.3, 0.4) is 0 Å². The maximum atomic E-state index is 3.79. The van der Waals surface area contributed by atoms with Crippen molar-refractivity contribution in [3.05, 3.63) is 0 Å². The second-order valence-corrected chi connectivity index (χ2v) is 6.49. The average Bonchev–Trinajstić information content (AvgIpc) is 3.11. The number of hydrogen-bond donors (Lipinski definition) is 2. The summed E-state index contributed by atoms with van der Waals surface area (Å²) in [6.45, 7) is 9.62. The van der Waals surface area contributed by atoms with Gasteiger partial charge in [-0.2, -0.15) is 0 Å². The zero-order chi connectivity index (χ0) is 12.2. The van der Waals surface area contributed by atoms with Crippen molar-refractivity contribution in [2.24, 2.45) is 10.8 Å². The van der Waals surface area contributed by atoms with Crippen molar-refractivity contribution in [1.29, 1.82) is 0 Å². The van der Waals surface area contributed by atoms with E-state index in [-0.39, 0.29) is 0 Å². The molecule has 1 atom stereocenters. The van der Waals surface area contributed by atoms with E-state index in [2.05, 4.69) is 24.5 Å². The van der Waals surface area contributed by atoms with Crippen LogP contribution in [0.4, 0.5) is 0 Å². The van der Waals surface area contributed by atoms with Gasteiger partial charge in [0.2, 0.25) is 0 Å². The summed E-state index contributed by atoms with van der Waals surface area (Å²) in [6.07, 6.45) is 9.75. The minimum absolute atomic E-state index is 0.552. The lowest BCUT2D eigenvalue weighted by molar-refractivity contribution is 0.179. The zero-order valence-electron chi connectivity index (χ0n) is 11.8. The van der Waals surface area contributed by atoms with Crippen molar-refractivity contribution in [3.8, 4) is 0 Å². The Morgan fingerprint density at radius 3 is 2.35 bits per heavy atom. The van der Waals surface area contributed by atoms with Gasteiger partial charge in [-0.3, -0.25) is 0 Å². The predicted octanol–water partition coefficient (Wildman–Crippen LogP) is 2.94. The van der Waals surface area contributed by atoms with Gasteiger partial charge in [0.05, 0.1) is 0 Å². The van der Waals surface area contributed by atoms with Gasteiger partial charge in [-0.1, -0.05) is 20.3 Å². The van der Waals surface area contributed by atoms with Crippen LogP contribution in [0.15, 0.2) is 0 Å². The second kappa shape index (κ2) is 5.71. The molecule has 0 bridgehead atoms. The highest BCUT2D eigenvalue weighted by Gasteiger charge is 2.40. The fourth-order valence-electron chi connectivity index (χ4n) is 3.44. The Morgan fingerprint density at radius 1 is 1.06 bits per heavy atom. The van der Waals surface area contributed by atoms with Crippen LogP contribution < -0.4 is 10.6 Å². The van der Waals surface area contributed by atoms with Gasteiger partial charge in [0.15, 0.2) is 0 Å². The molecule has 1 heterocycles. The van der Waals surface area contributed by atoms with Crippen molar-refractivity contribution in [2.45, 2.75) is 58.8 Å². The molecule has 1 saturated carbocycles. The predicted molar refractivity (Wildman–Crippen MR) is 74.3 cm³/mol. The molecule has 0 aromatic carbocycles. The SMILES string of the molecule is CCCC1(CNCC2(CC)CC2)CCCNC1. The summed E-state index contributed by atoms with van der Waals surface area (Å²) in [4.78, 5) is 0. The molecule has 2 nitrogen and oxygen atoms in total. The summed E-state index contributed by atoms with van der Waals surface area (Å²) in [5.41, 5.74) is 1.24. The highest BCUT2D eigenvalue weighted by molar-refractivity contribution is 4.95. The van der Waals surface area contributed by atoms with Gasteiger partial charge >= 0.3 is 0 Å². The molecule has 17 heavy (non-hydrogen) atoms. The van der Waals surface area contributed by atoms with Gasteiger partial charge < -0.3 is 10.6 Å². The Bertz CT molecular complexity index is 222. The molecular formula is C15H30N2. The summed E-state index contributed by atoms with van der Waals surface area (Å²) >= 11 is 0. The molecule has 2 N–H and O–H groups in total. The van der Waals surface area contributed by atoms with Crippen molar-refractivity contribution in [3.63, 3.8) is 0 Å². The van der Waals surface area contributed by atoms with Crippen LogP contribution >= 0.6 is 0 Å². The maximum Gasteiger partial charge on any atom is 0.00202 e. The minimum Gasteiger partial charge on any atom is -0.316 e. The minimum atomic E-state index is 0.552. The molecule has 0 radical (unpaired) electrons. The van der Waals surface area contributed by atoms with Gasteiger partial charge in [0, 0.05) is 19.6 Å². The molecule has 2 fully saturated rings. The Kier molecular flexibility index (Phi) is 4.48. The van der Waals surface area contributed by atoms with Crippen LogP contribution in [-0.2, 0) is 0 Å². The fourth-order valence-corrected chi connectivity index (χ4v) is 3.44. The third kappa shape index (κ3) is 3.45. The molecule has 100 valence electrons. The van der Waals surface area contributed by atoms with Crippen LogP contribution in [-0.4, -0.2) is 26.2 Å². The van der Waals surface area contributed by atoms with Gasteiger partial charge in [-0.15, -0.1) is 0 Å². The lowest BCUT2D eigenvalue weighted by Gasteiger charge is -2.38. The van der Waals surface area contributed by atoms with E-state index in [4.69, 9.17) is 0 Å². The maximum absolute atomic E-state index is 3.79. The van der Waals surface area contributed by atoms with E-state index in [1.54, 1.807) is 0 Å². The lowest BCUT2D eigenvalue weighted by Crippen LogP contribution is -2.47. The van der Waals surface area contributed by atoms with Crippen molar-refractivity contribution < 1.29 is 0 Å². The first kappa shape index (κ1) is 13.4. The Morgan fingerprint density at radius 2 is 1.82 bits per heavy atom. The Labute approximate surface area is 107 Å². The molecular weight excluding hydrogens is 208 g/mol. The molecule has 0 amide bonds. The summed E-state index contributed by atoms with van der Waals surface area (Å²) in [5.74, 6) is 0. The van der Waals surface area contributed by atoms with Gasteiger partial charge in [-0.05, 0) is 55.9 Å².